The lowest BCUT2D eigenvalue weighted by atomic mass is 10.1. The summed E-state index contributed by atoms with van der Waals surface area (Å²) in [5.41, 5.74) is 1.57. The Morgan fingerprint density at radius 2 is 1.72 bits per heavy atom. The standard InChI is InChI=1S/C21H24N4O4/c1-2-29-21(28)25-12-10-24(11-13-25)20(27)17-8-9-22-18(14-17)19(26)23-15-16-6-4-3-5-7-16/h3-9,14H,2,10-13,15H2,1H3,(H,23,26). The number of benzene rings is 1. The molecule has 1 aromatic carbocycles. The van der Waals surface area contributed by atoms with Gasteiger partial charge in [-0.3, -0.25) is 14.6 Å². The molecule has 1 N–H and O–H groups in total. The van der Waals surface area contributed by atoms with Gasteiger partial charge in [-0.15, -0.1) is 0 Å². The van der Waals surface area contributed by atoms with Crippen molar-refractivity contribution >= 4 is 17.9 Å². The highest BCUT2D eigenvalue weighted by Gasteiger charge is 2.26. The Balaban J connectivity index is 1.58. The van der Waals surface area contributed by atoms with Crippen LogP contribution in [0.25, 0.3) is 0 Å². The number of nitrogens with one attached hydrogen (secondary N) is 1. The summed E-state index contributed by atoms with van der Waals surface area (Å²) in [6.45, 7) is 4.12. The third kappa shape index (κ3) is 5.31. The zero-order valence-corrected chi connectivity index (χ0v) is 16.3. The molecule has 0 bridgehead atoms. The number of piperazine rings is 1. The van der Waals surface area contributed by atoms with E-state index in [9.17, 15) is 14.4 Å². The molecule has 1 saturated heterocycles. The van der Waals surface area contributed by atoms with Crippen LogP contribution in [0.3, 0.4) is 0 Å². The molecule has 2 aromatic rings. The number of carbonyl (C=O) groups is 3. The molecule has 0 atom stereocenters. The minimum Gasteiger partial charge on any atom is -0.450 e. The van der Waals surface area contributed by atoms with Gasteiger partial charge in [-0.05, 0) is 24.6 Å². The summed E-state index contributed by atoms with van der Waals surface area (Å²) < 4.78 is 4.99. The Morgan fingerprint density at radius 3 is 2.41 bits per heavy atom. The van der Waals surface area contributed by atoms with E-state index in [1.54, 1.807) is 22.8 Å². The lowest BCUT2D eigenvalue weighted by Crippen LogP contribution is -2.50. The fourth-order valence-corrected chi connectivity index (χ4v) is 3.05. The van der Waals surface area contributed by atoms with Crippen LogP contribution in [0, 0.1) is 0 Å². The van der Waals surface area contributed by atoms with Gasteiger partial charge in [0.1, 0.15) is 5.69 Å². The third-order valence-electron chi connectivity index (χ3n) is 4.63. The fourth-order valence-electron chi connectivity index (χ4n) is 3.05. The van der Waals surface area contributed by atoms with Crippen LogP contribution in [0.5, 0.6) is 0 Å². The number of amides is 3. The van der Waals surface area contributed by atoms with Gasteiger partial charge >= 0.3 is 6.09 Å². The number of rotatable bonds is 5. The summed E-state index contributed by atoms with van der Waals surface area (Å²) in [4.78, 5) is 44.3. The smallest absolute Gasteiger partial charge is 0.409 e. The molecular formula is C21H24N4O4. The Morgan fingerprint density at radius 1 is 1.03 bits per heavy atom. The quantitative estimate of drug-likeness (QED) is 0.834. The molecule has 0 aliphatic carbocycles. The van der Waals surface area contributed by atoms with E-state index in [1.165, 1.54) is 12.3 Å². The minimum atomic E-state index is -0.360. The van der Waals surface area contributed by atoms with Crippen molar-refractivity contribution in [2.24, 2.45) is 0 Å². The van der Waals surface area contributed by atoms with Crippen molar-refractivity contribution in [2.75, 3.05) is 32.8 Å². The highest BCUT2D eigenvalue weighted by molar-refractivity contribution is 5.98. The number of ether oxygens (including phenoxy) is 1. The summed E-state index contributed by atoms with van der Waals surface area (Å²) >= 11 is 0. The summed E-state index contributed by atoms with van der Waals surface area (Å²) in [5.74, 6) is -0.524. The van der Waals surface area contributed by atoms with Crippen LogP contribution >= 0.6 is 0 Å². The maximum absolute atomic E-state index is 12.8. The Kier molecular flexibility index (Phi) is 6.78. The van der Waals surface area contributed by atoms with Gasteiger partial charge in [0.05, 0.1) is 6.61 Å². The molecule has 0 saturated carbocycles. The second-order valence-corrected chi connectivity index (χ2v) is 6.58. The molecule has 8 heteroatoms. The molecular weight excluding hydrogens is 372 g/mol. The van der Waals surface area contributed by atoms with Crippen molar-refractivity contribution in [2.45, 2.75) is 13.5 Å². The molecule has 3 rings (SSSR count). The molecule has 0 spiro atoms. The van der Waals surface area contributed by atoms with Crippen LogP contribution in [-0.4, -0.2) is 65.5 Å². The van der Waals surface area contributed by atoms with Crippen LogP contribution in [0.1, 0.15) is 33.3 Å². The summed E-state index contributed by atoms with van der Waals surface area (Å²) in [5, 5.41) is 2.81. The third-order valence-corrected chi connectivity index (χ3v) is 4.63. The Bertz CT molecular complexity index is 864. The predicted molar refractivity (Wildman–Crippen MR) is 106 cm³/mol. The van der Waals surface area contributed by atoms with E-state index in [1.807, 2.05) is 30.3 Å². The number of hydrogen-bond acceptors (Lipinski definition) is 5. The van der Waals surface area contributed by atoms with E-state index in [2.05, 4.69) is 10.3 Å². The SMILES string of the molecule is CCOC(=O)N1CCN(C(=O)c2ccnc(C(=O)NCc3ccccc3)c2)CC1. The molecule has 1 fully saturated rings. The molecule has 8 nitrogen and oxygen atoms in total. The van der Waals surface area contributed by atoms with Gasteiger partial charge in [0, 0.05) is 44.5 Å². The monoisotopic (exact) mass is 396 g/mol. The van der Waals surface area contributed by atoms with Crippen LogP contribution < -0.4 is 5.32 Å². The van der Waals surface area contributed by atoms with E-state index in [4.69, 9.17) is 4.74 Å². The van der Waals surface area contributed by atoms with Crippen LogP contribution in [0.15, 0.2) is 48.7 Å². The number of pyridine rings is 1. The zero-order chi connectivity index (χ0) is 20.6. The Hall–Kier alpha value is -3.42. The molecule has 152 valence electrons. The van der Waals surface area contributed by atoms with Crippen molar-refractivity contribution in [1.29, 1.82) is 0 Å². The Labute approximate surface area is 169 Å². The lowest BCUT2D eigenvalue weighted by Gasteiger charge is -2.34. The normalized spacial score (nSPS) is 13.7. The number of hydrogen-bond donors (Lipinski definition) is 1. The molecule has 0 unspecified atom stereocenters. The number of carbonyl (C=O) groups excluding carboxylic acids is 3. The summed E-state index contributed by atoms with van der Waals surface area (Å²) in [6, 6.07) is 12.7. The highest BCUT2D eigenvalue weighted by atomic mass is 16.6. The van der Waals surface area contributed by atoms with E-state index in [0.717, 1.165) is 5.56 Å². The molecule has 1 aromatic heterocycles. The maximum Gasteiger partial charge on any atom is 0.409 e. The fraction of sp³-hybridized carbons (Fsp3) is 0.333. The van der Waals surface area contributed by atoms with Crippen LogP contribution in [-0.2, 0) is 11.3 Å². The molecule has 2 heterocycles. The molecule has 29 heavy (non-hydrogen) atoms. The van der Waals surface area contributed by atoms with Crippen molar-refractivity contribution in [3.63, 3.8) is 0 Å². The predicted octanol–water partition coefficient (Wildman–Crippen LogP) is 1.93. The average Bonchev–Trinajstić information content (AvgIpc) is 2.78. The van der Waals surface area contributed by atoms with Crippen molar-refractivity contribution in [3.8, 4) is 0 Å². The van der Waals surface area contributed by atoms with Gasteiger partial charge in [-0.2, -0.15) is 0 Å². The van der Waals surface area contributed by atoms with Crippen LogP contribution in [0.2, 0.25) is 0 Å². The topological polar surface area (TPSA) is 91.8 Å². The first-order valence-electron chi connectivity index (χ1n) is 9.57. The van der Waals surface area contributed by atoms with Gasteiger partial charge in [0.25, 0.3) is 11.8 Å². The van der Waals surface area contributed by atoms with Crippen molar-refractivity contribution in [1.82, 2.24) is 20.1 Å². The first-order chi connectivity index (χ1) is 14.1. The van der Waals surface area contributed by atoms with Gasteiger partial charge in [-0.1, -0.05) is 30.3 Å². The van der Waals surface area contributed by atoms with Gasteiger partial charge in [-0.25, -0.2) is 4.79 Å². The number of nitrogens with zero attached hydrogens (tertiary/aromatic N) is 3. The second kappa shape index (κ2) is 9.68. The molecule has 1 aliphatic rings. The first kappa shape index (κ1) is 20.3. The van der Waals surface area contributed by atoms with Crippen LogP contribution in [0.4, 0.5) is 4.79 Å². The van der Waals surface area contributed by atoms with Gasteiger partial charge in [0.15, 0.2) is 0 Å². The van der Waals surface area contributed by atoms with E-state index >= 15 is 0 Å². The molecule has 3 amide bonds. The summed E-state index contributed by atoms with van der Waals surface area (Å²) in [6.07, 6.45) is 1.10. The van der Waals surface area contributed by atoms with E-state index in [0.29, 0.717) is 44.9 Å². The number of aromatic nitrogens is 1. The first-order valence-corrected chi connectivity index (χ1v) is 9.57. The van der Waals surface area contributed by atoms with Gasteiger partial charge < -0.3 is 19.9 Å². The molecule has 0 radical (unpaired) electrons. The lowest BCUT2D eigenvalue weighted by molar-refractivity contribution is 0.0570. The largest absolute Gasteiger partial charge is 0.450 e. The molecule has 1 aliphatic heterocycles. The average molecular weight is 396 g/mol. The van der Waals surface area contributed by atoms with E-state index < -0.39 is 0 Å². The zero-order valence-electron chi connectivity index (χ0n) is 16.3. The van der Waals surface area contributed by atoms with Crippen molar-refractivity contribution in [3.05, 3.63) is 65.5 Å². The summed E-state index contributed by atoms with van der Waals surface area (Å²) in [7, 11) is 0. The minimum absolute atomic E-state index is 0.187. The van der Waals surface area contributed by atoms with Crippen molar-refractivity contribution < 1.29 is 19.1 Å². The van der Waals surface area contributed by atoms with Gasteiger partial charge in [0.2, 0.25) is 0 Å². The second-order valence-electron chi connectivity index (χ2n) is 6.58. The maximum atomic E-state index is 12.8. The van der Waals surface area contributed by atoms with E-state index in [-0.39, 0.29) is 23.6 Å². The highest BCUT2D eigenvalue weighted by Crippen LogP contribution is 2.11.